The topological polar surface area (TPSA) is 64.6 Å². The Morgan fingerprint density at radius 3 is 2.43 bits per heavy atom. The molecule has 0 aromatic heterocycles. The van der Waals surface area contributed by atoms with Crippen LogP contribution in [-0.2, 0) is 20.7 Å². The largest absolute Gasteiger partial charge is 0.497 e. The van der Waals surface area contributed by atoms with E-state index in [9.17, 15) is 9.59 Å². The molecule has 1 aromatic carbocycles. The minimum absolute atomic E-state index is 0.259. The molecule has 1 rings (SSSR count). The molecule has 1 aromatic rings. The minimum Gasteiger partial charge on any atom is -0.497 e. The Balaban J connectivity index is 2.24. The molecule has 0 fully saturated rings. The number of allylic oxidation sites excluding steroid dienone is 1. The number of benzene rings is 1. The SMILES string of the molecule is COc1ccc(CCNC(=O)COC(=O)C=C(C)C)cc1. The Hall–Kier alpha value is -2.30. The molecular formula is C16H21NO4. The van der Waals surface area contributed by atoms with Gasteiger partial charge in [0.1, 0.15) is 5.75 Å². The Kier molecular flexibility index (Phi) is 7.01. The van der Waals surface area contributed by atoms with Gasteiger partial charge >= 0.3 is 5.97 Å². The van der Waals surface area contributed by atoms with Crippen molar-refractivity contribution >= 4 is 11.9 Å². The molecule has 5 nitrogen and oxygen atoms in total. The summed E-state index contributed by atoms with van der Waals surface area (Å²) in [7, 11) is 1.62. The van der Waals surface area contributed by atoms with Crippen molar-refractivity contribution in [2.24, 2.45) is 0 Å². The summed E-state index contributed by atoms with van der Waals surface area (Å²) in [5.74, 6) is -0.00621. The van der Waals surface area contributed by atoms with Gasteiger partial charge in [-0.3, -0.25) is 4.79 Å². The number of esters is 1. The second-order valence-electron chi connectivity index (χ2n) is 4.78. The average molecular weight is 291 g/mol. The lowest BCUT2D eigenvalue weighted by molar-refractivity contribution is -0.143. The molecule has 0 spiro atoms. The average Bonchev–Trinajstić information content (AvgIpc) is 2.45. The first kappa shape index (κ1) is 16.8. The highest BCUT2D eigenvalue weighted by Gasteiger charge is 2.05. The quantitative estimate of drug-likeness (QED) is 0.615. The lowest BCUT2D eigenvalue weighted by Crippen LogP contribution is -2.30. The molecule has 0 aliphatic rings. The molecule has 0 atom stereocenters. The summed E-state index contributed by atoms with van der Waals surface area (Å²) >= 11 is 0. The predicted octanol–water partition coefficient (Wildman–Crippen LogP) is 1.86. The van der Waals surface area contributed by atoms with E-state index in [2.05, 4.69) is 5.32 Å². The number of carbonyl (C=O) groups is 2. The lowest BCUT2D eigenvalue weighted by Gasteiger charge is -2.06. The van der Waals surface area contributed by atoms with Crippen LogP contribution in [0.4, 0.5) is 0 Å². The van der Waals surface area contributed by atoms with E-state index in [0.29, 0.717) is 13.0 Å². The predicted molar refractivity (Wildman–Crippen MR) is 80.1 cm³/mol. The second kappa shape index (κ2) is 8.79. The highest BCUT2D eigenvalue weighted by atomic mass is 16.5. The van der Waals surface area contributed by atoms with Crippen LogP contribution in [0.1, 0.15) is 19.4 Å². The fourth-order valence-corrected chi connectivity index (χ4v) is 1.60. The third kappa shape index (κ3) is 7.15. The van der Waals surface area contributed by atoms with E-state index in [-0.39, 0.29) is 12.5 Å². The van der Waals surface area contributed by atoms with Crippen molar-refractivity contribution in [1.29, 1.82) is 0 Å². The Bertz CT molecular complexity index is 502. The van der Waals surface area contributed by atoms with E-state index in [1.54, 1.807) is 21.0 Å². The number of amides is 1. The fourth-order valence-electron chi connectivity index (χ4n) is 1.60. The van der Waals surface area contributed by atoms with E-state index in [0.717, 1.165) is 16.9 Å². The van der Waals surface area contributed by atoms with E-state index in [1.165, 1.54) is 6.08 Å². The molecule has 21 heavy (non-hydrogen) atoms. The maximum Gasteiger partial charge on any atom is 0.331 e. The van der Waals surface area contributed by atoms with Gasteiger partial charge in [-0.05, 0) is 38.0 Å². The number of nitrogens with one attached hydrogen (secondary N) is 1. The number of ether oxygens (including phenoxy) is 2. The summed E-state index contributed by atoms with van der Waals surface area (Å²) in [5.41, 5.74) is 1.93. The standard InChI is InChI=1S/C16H21NO4/c1-12(2)10-16(19)21-11-15(18)17-9-8-13-4-6-14(20-3)7-5-13/h4-7,10H,8-9,11H2,1-3H3,(H,17,18). The Labute approximate surface area is 124 Å². The van der Waals surface area contributed by atoms with Crippen molar-refractivity contribution in [2.75, 3.05) is 20.3 Å². The molecule has 0 saturated carbocycles. The van der Waals surface area contributed by atoms with Crippen LogP contribution in [-0.4, -0.2) is 32.1 Å². The van der Waals surface area contributed by atoms with Gasteiger partial charge < -0.3 is 14.8 Å². The highest BCUT2D eigenvalue weighted by molar-refractivity contribution is 5.86. The molecule has 0 aliphatic heterocycles. The third-order valence-electron chi connectivity index (χ3n) is 2.65. The van der Waals surface area contributed by atoms with Gasteiger partial charge in [-0.1, -0.05) is 17.7 Å². The molecule has 0 radical (unpaired) electrons. The van der Waals surface area contributed by atoms with Gasteiger partial charge in [0.05, 0.1) is 7.11 Å². The zero-order valence-corrected chi connectivity index (χ0v) is 12.6. The van der Waals surface area contributed by atoms with E-state index in [1.807, 2.05) is 24.3 Å². The second-order valence-corrected chi connectivity index (χ2v) is 4.78. The van der Waals surface area contributed by atoms with Crippen molar-refractivity contribution in [1.82, 2.24) is 5.32 Å². The maximum absolute atomic E-state index is 11.5. The van der Waals surface area contributed by atoms with Crippen molar-refractivity contribution in [3.05, 3.63) is 41.5 Å². The lowest BCUT2D eigenvalue weighted by atomic mass is 10.1. The number of hydrogen-bond donors (Lipinski definition) is 1. The van der Waals surface area contributed by atoms with Crippen molar-refractivity contribution < 1.29 is 19.1 Å². The molecule has 5 heteroatoms. The summed E-state index contributed by atoms with van der Waals surface area (Å²) in [6.07, 6.45) is 2.06. The van der Waals surface area contributed by atoms with Crippen LogP contribution in [0, 0.1) is 0 Å². The molecule has 1 N–H and O–H groups in total. The van der Waals surface area contributed by atoms with Crippen LogP contribution in [0.2, 0.25) is 0 Å². The van der Waals surface area contributed by atoms with Gasteiger partial charge in [0.25, 0.3) is 5.91 Å². The van der Waals surface area contributed by atoms with Gasteiger partial charge in [0.2, 0.25) is 0 Å². The van der Waals surface area contributed by atoms with Crippen LogP contribution in [0.15, 0.2) is 35.9 Å². The van der Waals surface area contributed by atoms with Gasteiger partial charge in [-0.15, -0.1) is 0 Å². The Morgan fingerprint density at radius 1 is 1.19 bits per heavy atom. The summed E-state index contributed by atoms with van der Waals surface area (Å²) in [5, 5.41) is 2.70. The monoisotopic (exact) mass is 291 g/mol. The summed E-state index contributed by atoms with van der Waals surface area (Å²) in [6, 6.07) is 7.64. The van der Waals surface area contributed by atoms with Crippen LogP contribution >= 0.6 is 0 Å². The number of carbonyl (C=O) groups excluding carboxylic acids is 2. The smallest absolute Gasteiger partial charge is 0.331 e. The molecular weight excluding hydrogens is 270 g/mol. The molecule has 1 amide bonds. The fraction of sp³-hybridized carbons (Fsp3) is 0.375. The normalized spacial score (nSPS) is 9.67. The summed E-state index contributed by atoms with van der Waals surface area (Å²) < 4.78 is 9.87. The first-order valence-electron chi connectivity index (χ1n) is 6.72. The van der Waals surface area contributed by atoms with E-state index >= 15 is 0 Å². The molecule has 0 heterocycles. The molecule has 0 aliphatic carbocycles. The van der Waals surface area contributed by atoms with Crippen LogP contribution in [0.5, 0.6) is 5.75 Å². The van der Waals surface area contributed by atoms with Gasteiger partial charge in [0, 0.05) is 12.6 Å². The zero-order valence-electron chi connectivity index (χ0n) is 12.6. The molecule has 0 bridgehead atoms. The van der Waals surface area contributed by atoms with E-state index in [4.69, 9.17) is 9.47 Å². The first-order chi connectivity index (χ1) is 10.0. The van der Waals surface area contributed by atoms with Gasteiger partial charge in [-0.25, -0.2) is 4.79 Å². The maximum atomic E-state index is 11.5. The Morgan fingerprint density at radius 2 is 1.86 bits per heavy atom. The first-order valence-corrected chi connectivity index (χ1v) is 6.72. The van der Waals surface area contributed by atoms with Crippen LogP contribution in [0.25, 0.3) is 0 Å². The van der Waals surface area contributed by atoms with Crippen molar-refractivity contribution in [3.63, 3.8) is 0 Å². The molecule has 114 valence electrons. The number of rotatable bonds is 7. The molecule has 0 saturated heterocycles. The minimum atomic E-state index is -0.500. The van der Waals surface area contributed by atoms with Crippen molar-refractivity contribution in [3.8, 4) is 5.75 Å². The highest BCUT2D eigenvalue weighted by Crippen LogP contribution is 2.11. The number of methoxy groups -OCH3 is 1. The summed E-state index contributed by atoms with van der Waals surface area (Å²) in [4.78, 5) is 22.7. The zero-order chi connectivity index (χ0) is 15.7. The third-order valence-corrected chi connectivity index (χ3v) is 2.65. The number of hydrogen-bond acceptors (Lipinski definition) is 4. The van der Waals surface area contributed by atoms with Crippen LogP contribution < -0.4 is 10.1 Å². The van der Waals surface area contributed by atoms with Gasteiger partial charge in [-0.2, -0.15) is 0 Å². The van der Waals surface area contributed by atoms with Crippen LogP contribution in [0.3, 0.4) is 0 Å². The molecule has 0 unspecified atom stereocenters. The van der Waals surface area contributed by atoms with Gasteiger partial charge in [0.15, 0.2) is 6.61 Å². The van der Waals surface area contributed by atoms with E-state index < -0.39 is 5.97 Å². The van der Waals surface area contributed by atoms with Crippen molar-refractivity contribution in [2.45, 2.75) is 20.3 Å². The summed E-state index contributed by atoms with van der Waals surface area (Å²) in [6.45, 7) is 3.81.